The van der Waals surface area contributed by atoms with Gasteiger partial charge in [-0.3, -0.25) is 4.79 Å². The highest BCUT2D eigenvalue weighted by Gasteiger charge is 2.11. The molecule has 1 aromatic heterocycles. The van der Waals surface area contributed by atoms with Crippen LogP contribution in [0.15, 0.2) is 54.9 Å². The Kier molecular flexibility index (Phi) is 4.98. The van der Waals surface area contributed by atoms with E-state index in [2.05, 4.69) is 20.6 Å². The smallest absolute Gasteiger partial charge is 0.159 e. The maximum absolute atomic E-state index is 11.4. The van der Waals surface area contributed by atoms with E-state index in [-0.39, 0.29) is 5.78 Å². The molecule has 0 radical (unpaired) electrons. The van der Waals surface area contributed by atoms with Gasteiger partial charge < -0.3 is 21.1 Å². The highest BCUT2D eigenvalue weighted by molar-refractivity contribution is 5.94. The summed E-state index contributed by atoms with van der Waals surface area (Å²) >= 11 is 0. The lowest BCUT2D eigenvalue weighted by molar-refractivity contribution is 0.101. The number of methoxy groups -OCH3 is 1. The Balaban J connectivity index is 1.84. The third-order valence-electron chi connectivity index (χ3n) is 3.80. The predicted molar refractivity (Wildman–Crippen MR) is 102 cm³/mol. The first-order valence-electron chi connectivity index (χ1n) is 7.97. The summed E-state index contributed by atoms with van der Waals surface area (Å²) < 4.78 is 5.32. The Morgan fingerprint density at radius 1 is 1.00 bits per heavy atom. The highest BCUT2D eigenvalue weighted by Crippen LogP contribution is 2.31. The number of Topliss-reactive ketones (excluding diaryl/α,β-unsaturated/α-hetero) is 1. The van der Waals surface area contributed by atoms with Gasteiger partial charge in [0, 0.05) is 11.3 Å². The number of benzene rings is 2. The molecular formula is C19H19N5O2. The van der Waals surface area contributed by atoms with Gasteiger partial charge >= 0.3 is 0 Å². The highest BCUT2D eigenvalue weighted by atomic mass is 16.5. The lowest BCUT2D eigenvalue weighted by atomic mass is 10.1. The fourth-order valence-electron chi connectivity index (χ4n) is 2.40. The molecule has 0 atom stereocenters. The monoisotopic (exact) mass is 349 g/mol. The van der Waals surface area contributed by atoms with E-state index in [1.807, 2.05) is 24.3 Å². The number of rotatable bonds is 6. The second-order valence-corrected chi connectivity index (χ2v) is 5.57. The number of nitrogens with one attached hydrogen (secondary N) is 2. The summed E-state index contributed by atoms with van der Waals surface area (Å²) in [7, 11) is 1.60. The van der Waals surface area contributed by atoms with E-state index in [4.69, 9.17) is 10.5 Å². The van der Waals surface area contributed by atoms with Gasteiger partial charge in [0.15, 0.2) is 17.4 Å². The molecule has 0 spiro atoms. The van der Waals surface area contributed by atoms with Crippen molar-refractivity contribution in [2.24, 2.45) is 0 Å². The minimum Gasteiger partial charge on any atom is -0.495 e. The van der Waals surface area contributed by atoms with Crippen molar-refractivity contribution in [3.8, 4) is 5.75 Å². The minimum atomic E-state index is 0.0152. The number of hydrogen-bond donors (Lipinski definition) is 3. The lowest BCUT2D eigenvalue weighted by Crippen LogP contribution is -2.06. The Hall–Kier alpha value is -3.61. The largest absolute Gasteiger partial charge is 0.495 e. The van der Waals surface area contributed by atoms with Crippen LogP contribution in [0.5, 0.6) is 5.75 Å². The molecule has 26 heavy (non-hydrogen) atoms. The van der Waals surface area contributed by atoms with E-state index in [0.29, 0.717) is 28.6 Å². The van der Waals surface area contributed by atoms with E-state index in [1.54, 1.807) is 31.4 Å². The molecule has 132 valence electrons. The molecule has 0 bridgehead atoms. The molecule has 0 unspecified atom stereocenters. The second kappa shape index (κ2) is 7.52. The van der Waals surface area contributed by atoms with Gasteiger partial charge in [-0.2, -0.15) is 0 Å². The van der Waals surface area contributed by atoms with Crippen molar-refractivity contribution in [2.45, 2.75) is 6.92 Å². The van der Waals surface area contributed by atoms with E-state index in [0.717, 1.165) is 11.4 Å². The molecular weight excluding hydrogens is 330 g/mol. The van der Waals surface area contributed by atoms with Crippen LogP contribution in [0.1, 0.15) is 17.3 Å². The number of para-hydroxylation sites is 2. The molecule has 3 rings (SSSR count). The van der Waals surface area contributed by atoms with Crippen LogP contribution in [-0.2, 0) is 0 Å². The lowest BCUT2D eigenvalue weighted by Gasteiger charge is -2.14. The SMILES string of the molecule is COc1ccccc1Nc1ncnc(Nc2ccc(C(C)=O)cc2)c1N. The summed E-state index contributed by atoms with van der Waals surface area (Å²) in [6, 6.07) is 14.6. The molecule has 3 aromatic rings. The summed E-state index contributed by atoms with van der Waals surface area (Å²) in [4.78, 5) is 19.8. The quantitative estimate of drug-likeness (QED) is 0.582. The van der Waals surface area contributed by atoms with Crippen molar-refractivity contribution in [2.75, 3.05) is 23.5 Å². The molecule has 0 aliphatic rings. The number of nitrogens with two attached hydrogens (primary N) is 1. The molecule has 0 aliphatic heterocycles. The molecule has 1 heterocycles. The predicted octanol–water partition coefficient (Wildman–Crippen LogP) is 3.76. The Labute approximate surface area is 151 Å². The molecule has 4 N–H and O–H groups in total. The van der Waals surface area contributed by atoms with Crippen LogP contribution in [0.25, 0.3) is 0 Å². The average molecular weight is 349 g/mol. The first kappa shape index (κ1) is 17.2. The van der Waals surface area contributed by atoms with Crippen LogP contribution in [0, 0.1) is 0 Å². The first-order chi connectivity index (χ1) is 12.6. The van der Waals surface area contributed by atoms with Gasteiger partial charge in [0.05, 0.1) is 12.8 Å². The van der Waals surface area contributed by atoms with Gasteiger partial charge in [-0.25, -0.2) is 9.97 Å². The zero-order chi connectivity index (χ0) is 18.5. The van der Waals surface area contributed by atoms with Crippen LogP contribution in [-0.4, -0.2) is 22.9 Å². The van der Waals surface area contributed by atoms with Crippen LogP contribution < -0.4 is 21.1 Å². The van der Waals surface area contributed by atoms with E-state index >= 15 is 0 Å². The summed E-state index contributed by atoms with van der Waals surface area (Å²) in [6.07, 6.45) is 1.42. The number of ether oxygens (including phenoxy) is 1. The molecule has 7 heteroatoms. The van der Waals surface area contributed by atoms with Crippen LogP contribution >= 0.6 is 0 Å². The van der Waals surface area contributed by atoms with Gasteiger partial charge in [-0.15, -0.1) is 0 Å². The maximum Gasteiger partial charge on any atom is 0.159 e. The summed E-state index contributed by atoms with van der Waals surface area (Å²) in [5, 5.41) is 6.29. The van der Waals surface area contributed by atoms with Crippen LogP contribution in [0.4, 0.5) is 28.7 Å². The third kappa shape index (κ3) is 3.72. The third-order valence-corrected chi connectivity index (χ3v) is 3.80. The fraction of sp³-hybridized carbons (Fsp3) is 0.105. The number of anilines is 5. The minimum absolute atomic E-state index is 0.0152. The van der Waals surface area contributed by atoms with Gasteiger partial charge in [-0.1, -0.05) is 12.1 Å². The van der Waals surface area contributed by atoms with E-state index in [9.17, 15) is 4.79 Å². The number of nitrogens with zero attached hydrogens (tertiary/aromatic N) is 2. The molecule has 0 amide bonds. The summed E-state index contributed by atoms with van der Waals surface area (Å²) in [6.45, 7) is 1.53. The first-order valence-corrected chi connectivity index (χ1v) is 7.97. The van der Waals surface area contributed by atoms with Crippen molar-refractivity contribution in [3.05, 3.63) is 60.4 Å². The zero-order valence-corrected chi connectivity index (χ0v) is 14.5. The van der Waals surface area contributed by atoms with Crippen molar-refractivity contribution in [3.63, 3.8) is 0 Å². The Morgan fingerprint density at radius 3 is 2.31 bits per heavy atom. The average Bonchev–Trinajstić information content (AvgIpc) is 2.66. The van der Waals surface area contributed by atoms with Gasteiger partial charge in [0.2, 0.25) is 0 Å². The molecule has 0 saturated heterocycles. The van der Waals surface area contributed by atoms with Crippen molar-refractivity contribution >= 4 is 34.5 Å². The number of aromatic nitrogens is 2. The van der Waals surface area contributed by atoms with Gasteiger partial charge in [0.25, 0.3) is 0 Å². The maximum atomic E-state index is 11.4. The number of hydrogen-bond acceptors (Lipinski definition) is 7. The normalized spacial score (nSPS) is 10.2. The standard InChI is InChI=1S/C19H19N5O2/c1-12(25)13-7-9-14(10-8-13)23-18-17(20)19(22-11-21-18)24-15-5-3-4-6-16(15)26-2/h3-11H,20H2,1-2H3,(H2,21,22,23,24). The zero-order valence-electron chi connectivity index (χ0n) is 14.5. The number of carbonyl (C=O) groups excluding carboxylic acids is 1. The van der Waals surface area contributed by atoms with Crippen molar-refractivity contribution in [1.29, 1.82) is 0 Å². The molecule has 0 saturated carbocycles. The summed E-state index contributed by atoms with van der Waals surface area (Å²) in [5.74, 6) is 1.63. The number of ketones is 1. The Bertz CT molecular complexity index is 925. The van der Waals surface area contributed by atoms with Gasteiger partial charge in [0.1, 0.15) is 17.8 Å². The van der Waals surface area contributed by atoms with E-state index < -0.39 is 0 Å². The topological polar surface area (TPSA) is 102 Å². The number of carbonyl (C=O) groups is 1. The molecule has 0 aliphatic carbocycles. The van der Waals surface area contributed by atoms with Crippen LogP contribution in [0.3, 0.4) is 0 Å². The summed E-state index contributed by atoms with van der Waals surface area (Å²) in [5.41, 5.74) is 8.73. The van der Waals surface area contributed by atoms with E-state index in [1.165, 1.54) is 13.3 Å². The molecule has 2 aromatic carbocycles. The molecule has 0 fully saturated rings. The van der Waals surface area contributed by atoms with Crippen molar-refractivity contribution in [1.82, 2.24) is 9.97 Å². The molecule has 7 nitrogen and oxygen atoms in total. The Morgan fingerprint density at radius 2 is 1.65 bits per heavy atom. The van der Waals surface area contributed by atoms with Crippen LogP contribution in [0.2, 0.25) is 0 Å². The second-order valence-electron chi connectivity index (χ2n) is 5.57. The van der Waals surface area contributed by atoms with Crippen molar-refractivity contribution < 1.29 is 9.53 Å². The number of nitrogen functional groups attached to an aromatic ring is 1. The van der Waals surface area contributed by atoms with Gasteiger partial charge in [-0.05, 0) is 43.3 Å². The fourth-order valence-corrected chi connectivity index (χ4v) is 2.40.